The van der Waals surface area contributed by atoms with Crippen molar-refractivity contribution in [1.82, 2.24) is 0 Å². The molecule has 0 aromatic heterocycles. The third-order valence-corrected chi connectivity index (χ3v) is 3.71. The van der Waals surface area contributed by atoms with Gasteiger partial charge in [0.1, 0.15) is 5.60 Å². The number of Topliss-reactive ketones (excluding diaryl/α,β-unsaturated/α-hetero) is 1. The molecule has 0 N–H and O–H groups in total. The van der Waals surface area contributed by atoms with E-state index < -0.39 is 5.60 Å². The molecule has 1 aliphatic heterocycles. The van der Waals surface area contributed by atoms with Crippen molar-refractivity contribution in [2.75, 3.05) is 19.8 Å². The molecule has 1 aliphatic carbocycles. The summed E-state index contributed by atoms with van der Waals surface area (Å²) in [5.41, 5.74) is -0.512. The Kier molecular flexibility index (Phi) is 3.98. The molecule has 0 aromatic carbocycles. The predicted molar refractivity (Wildman–Crippen MR) is 61.4 cm³/mol. The molecule has 0 atom stereocenters. The summed E-state index contributed by atoms with van der Waals surface area (Å²) in [6, 6.07) is 0. The maximum atomic E-state index is 12.3. The Hall–Kier alpha value is -0.410. The number of ketones is 1. The Balaban J connectivity index is 1.89. The molecule has 1 heterocycles. The molecule has 92 valence electrons. The van der Waals surface area contributed by atoms with Crippen LogP contribution in [-0.2, 0) is 14.3 Å². The number of carbonyl (C=O) groups excluding carboxylic acids is 1. The molecule has 2 rings (SSSR count). The highest BCUT2D eigenvalue weighted by atomic mass is 16.5. The van der Waals surface area contributed by atoms with E-state index in [9.17, 15) is 4.79 Å². The smallest absolute Gasteiger partial charge is 0.164 e. The van der Waals surface area contributed by atoms with Crippen LogP contribution in [0.5, 0.6) is 0 Å². The van der Waals surface area contributed by atoms with Gasteiger partial charge in [-0.05, 0) is 19.3 Å². The number of ether oxygens (including phenoxy) is 2. The molecular weight excluding hydrogens is 204 g/mol. The van der Waals surface area contributed by atoms with E-state index in [1.54, 1.807) is 0 Å². The Morgan fingerprint density at radius 2 is 2.06 bits per heavy atom. The first-order valence-corrected chi connectivity index (χ1v) is 6.52. The molecule has 0 amide bonds. The lowest BCUT2D eigenvalue weighted by molar-refractivity contribution is -0.157. The van der Waals surface area contributed by atoms with Gasteiger partial charge in [0, 0.05) is 39.1 Å². The number of hydrogen-bond donors (Lipinski definition) is 0. The molecule has 3 heteroatoms. The average Bonchev–Trinajstić information content (AvgIpc) is 3.11. The van der Waals surface area contributed by atoms with Crippen LogP contribution in [0.25, 0.3) is 0 Å². The van der Waals surface area contributed by atoms with Gasteiger partial charge in [-0.2, -0.15) is 0 Å². The number of rotatable bonds is 6. The molecule has 3 nitrogen and oxygen atoms in total. The van der Waals surface area contributed by atoms with Gasteiger partial charge in [-0.1, -0.05) is 12.8 Å². The van der Waals surface area contributed by atoms with Gasteiger partial charge in [-0.15, -0.1) is 0 Å². The third kappa shape index (κ3) is 2.83. The standard InChI is InChI=1S/C13H22O3/c1-2-16-13(7-9-15-10-8-13)12(14)6-5-11-3-4-11/h11H,2-10H2,1H3. The molecule has 0 bridgehead atoms. The Morgan fingerprint density at radius 1 is 1.38 bits per heavy atom. The summed E-state index contributed by atoms with van der Waals surface area (Å²) in [5, 5.41) is 0. The van der Waals surface area contributed by atoms with Gasteiger partial charge < -0.3 is 9.47 Å². The van der Waals surface area contributed by atoms with E-state index in [0.717, 1.165) is 25.2 Å². The third-order valence-electron chi connectivity index (χ3n) is 3.71. The maximum absolute atomic E-state index is 12.3. The zero-order chi connectivity index (χ0) is 11.4. The molecular formula is C13H22O3. The second-order valence-electron chi connectivity index (χ2n) is 4.94. The van der Waals surface area contributed by atoms with E-state index in [2.05, 4.69) is 0 Å². The first-order valence-electron chi connectivity index (χ1n) is 6.52. The quantitative estimate of drug-likeness (QED) is 0.697. The molecule has 1 saturated heterocycles. The summed E-state index contributed by atoms with van der Waals surface area (Å²) in [6.07, 6.45) is 5.88. The first-order chi connectivity index (χ1) is 7.77. The van der Waals surface area contributed by atoms with Crippen molar-refractivity contribution >= 4 is 5.78 Å². The molecule has 2 fully saturated rings. The minimum atomic E-state index is -0.512. The van der Waals surface area contributed by atoms with Crippen molar-refractivity contribution in [3.05, 3.63) is 0 Å². The van der Waals surface area contributed by atoms with Crippen LogP contribution >= 0.6 is 0 Å². The lowest BCUT2D eigenvalue weighted by Gasteiger charge is -2.35. The molecule has 0 unspecified atom stereocenters. The number of hydrogen-bond acceptors (Lipinski definition) is 3. The summed E-state index contributed by atoms with van der Waals surface area (Å²) >= 11 is 0. The van der Waals surface area contributed by atoms with Gasteiger partial charge in [0.05, 0.1) is 0 Å². The topological polar surface area (TPSA) is 35.5 Å². The summed E-state index contributed by atoms with van der Waals surface area (Å²) in [5.74, 6) is 1.13. The van der Waals surface area contributed by atoms with E-state index in [1.165, 1.54) is 12.8 Å². The Bertz CT molecular complexity index is 234. The van der Waals surface area contributed by atoms with E-state index in [4.69, 9.17) is 9.47 Å². The minimum Gasteiger partial charge on any atom is -0.381 e. The summed E-state index contributed by atoms with van der Waals surface area (Å²) in [7, 11) is 0. The van der Waals surface area contributed by atoms with Gasteiger partial charge in [-0.3, -0.25) is 4.79 Å². The van der Waals surface area contributed by atoms with E-state index in [-0.39, 0.29) is 0 Å². The highest BCUT2D eigenvalue weighted by Crippen LogP contribution is 2.35. The van der Waals surface area contributed by atoms with Gasteiger partial charge in [0.25, 0.3) is 0 Å². The molecule has 0 radical (unpaired) electrons. The van der Waals surface area contributed by atoms with Crippen molar-refractivity contribution in [3.63, 3.8) is 0 Å². The number of carbonyl (C=O) groups is 1. The van der Waals surface area contributed by atoms with Crippen LogP contribution in [0.2, 0.25) is 0 Å². The van der Waals surface area contributed by atoms with Gasteiger partial charge in [0.2, 0.25) is 0 Å². The van der Waals surface area contributed by atoms with Crippen LogP contribution < -0.4 is 0 Å². The predicted octanol–water partition coefficient (Wildman–Crippen LogP) is 2.33. The van der Waals surface area contributed by atoms with Crippen molar-refractivity contribution in [2.24, 2.45) is 5.92 Å². The van der Waals surface area contributed by atoms with E-state index in [1.807, 2.05) is 6.92 Å². The maximum Gasteiger partial charge on any atom is 0.164 e. The highest BCUT2D eigenvalue weighted by Gasteiger charge is 2.40. The Morgan fingerprint density at radius 3 is 2.62 bits per heavy atom. The van der Waals surface area contributed by atoms with Crippen LogP contribution in [0.4, 0.5) is 0 Å². The molecule has 2 aliphatic rings. The summed E-state index contributed by atoms with van der Waals surface area (Å²) < 4.78 is 11.1. The fourth-order valence-corrected chi connectivity index (χ4v) is 2.45. The summed E-state index contributed by atoms with van der Waals surface area (Å²) in [4.78, 5) is 12.3. The van der Waals surface area contributed by atoms with Crippen molar-refractivity contribution in [2.45, 2.75) is 51.0 Å². The van der Waals surface area contributed by atoms with Crippen LogP contribution in [-0.4, -0.2) is 31.2 Å². The van der Waals surface area contributed by atoms with E-state index >= 15 is 0 Å². The average molecular weight is 226 g/mol. The lowest BCUT2D eigenvalue weighted by Crippen LogP contribution is -2.46. The first kappa shape index (κ1) is 12.1. The molecule has 16 heavy (non-hydrogen) atoms. The molecule has 1 saturated carbocycles. The zero-order valence-corrected chi connectivity index (χ0v) is 10.2. The van der Waals surface area contributed by atoms with E-state index in [0.29, 0.717) is 32.0 Å². The normalized spacial score (nSPS) is 24.3. The van der Waals surface area contributed by atoms with Crippen molar-refractivity contribution in [1.29, 1.82) is 0 Å². The van der Waals surface area contributed by atoms with Gasteiger partial charge >= 0.3 is 0 Å². The largest absolute Gasteiger partial charge is 0.381 e. The highest BCUT2D eigenvalue weighted by molar-refractivity contribution is 5.87. The summed E-state index contributed by atoms with van der Waals surface area (Å²) in [6.45, 7) is 3.91. The molecule has 0 aromatic rings. The second-order valence-corrected chi connectivity index (χ2v) is 4.94. The monoisotopic (exact) mass is 226 g/mol. The van der Waals surface area contributed by atoms with Crippen LogP contribution in [0.3, 0.4) is 0 Å². The van der Waals surface area contributed by atoms with Crippen molar-refractivity contribution in [3.8, 4) is 0 Å². The Labute approximate surface area is 97.5 Å². The fraction of sp³-hybridized carbons (Fsp3) is 0.923. The lowest BCUT2D eigenvalue weighted by atomic mass is 9.86. The SMILES string of the molecule is CCOC1(C(=O)CCC2CC2)CCOCC1. The van der Waals surface area contributed by atoms with Crippen LogP contribution in [0.1, 0.15) is 45.4 Å². The van der Waals surface area contributed by atoms with Crippen LogP contribution in [0.15, 0.2) is 0 Å². The van der Waals surface area contributed by atoms with Gasteiger partial charge in [-0.25, -0.2) is 0 Å². The van der Waals surface area contributed by atoms with Crippen molar-refractivity contribution < 1.29 is 14.3 Å². The van der Waals surface area contributed by atoms with Crippen LogP contribution in [0, 0.1) is 5.92 Å². The minimum absolute atomic E-state index is 0.310. The fourth-order valence-electron chi connectivity index (χ4n) is 2.45. The second kappa shape index (κ2) is 5.28. The zero-order valence-electron chi connectivity index (χ0n) is 10.2. The van der Waals surface area contributed by atoms with Gasteiger partial charge in [0.15, 0.2) is 5.78 Å². The molecule has 0 spiro atoms.